The van der Waals surface area contributed by atoms with E-state index in [0.29, 0.717) is 5.92 Å². The fraction of sp³-hybridized carbons (Fsp3) is 0.750. The van der Waals surface area contributed by atoms with Crippen LogP contribution in [0.3, 0.4) is 0 Å². The van der Waals surface area contributed by atoms with Gasteiger partial charge in [-0.3, -0.25) is 0 Å². The number of rotatable bonds is 6. The average Bonchev–Trinajstić information content (AvgIpc) is 2.78. The molecule has 0 bridgehead atoms. The second-order valence-corrected chi connectivity index (χ2v) is 5.75. The summed E-state index contributed by atoms with van der Waals surface area (Å²) >= 11 is 1.86. The summed E-state index contributed by atoms with van der Waals surface area (Å²) in [6, 6.07) is 0. The Kier molecular flexibility index (Phi) is 4.32. The molecule has 1 atom stereocenters. The molecule has 90 valence electrons. The van der Waals surface area contributed by atoms with Crippen molar-refractivity contribution in [1.29, 1.82) is 0 Å². The number of thiazole rings is 1. The highest BCUT2D eigenvalue weighted by Crippen LogP contribution is 2.27. The third-order valence-electron chi connectivity index (χ3n) is 3.03. The number of aryl methyl sites for hydroxylation is 2. The molecule has 2 rings (SSSR count). The molecule has 1 aromatic rings. The van der Waals surface area contributed by atoms with Crippen LogP contribution in [0.5, 0.6) is 0 Å². The molecule has 0 spiro atoms. The van der Waals surface area contributed by atoms with Crippen molar-refractivity contribution in [2.24, 2.45) is 5.92 Å². The molecular weight excluding hydrogens is 220 g/mol. The van der Waals surface area contributed by atoms with E-state index in [2.05, 4.69) is 17.2 Å². The smallest absolute Gasteiger partial charge is 0.107 e. The summed E-state index contributed by atoms with van der Waals surface area (Å²) < 4.78 is 0. The van der Waals surface area contributed by atoms with Crippen molar-refractivity contribution >= 4 is 11.3 Å². The molecule has 0 saturated carbocycles. The van der Waals surface area contributed by atoms with Crippen LogP contribution in [0.2, 0.25) is 0 Å². The first-order chi connectivity index (χ1) is 7.79. The molecule has 0 aliphatic heterocycles. The molecule has 1 aliphatic rings. The van der Waals surface area contributed by atoms with E-state index in [1.165, 1.54) is 34.8 Å². The van der Waals surface area contributed by atoms with E-state index in [0.717, 1.165) is 19.5 Å². The maximum Gasteiger partial charge on any atom is 0.107 e. The molecule has 1 unspecified atom stereocenters. The van der Waals surface area contributed by atoms with Crippen molar-refractivity contribution in [3.8, 4) is 0 Å². The van der Waals surface area contributed by atoms with Crippen LogP contribution in [-0.2, 0) is 19.4 Å². The highest BCUT2D eigenvalue weighted by atomic mass is 32.1. The summed E-state index contributed by atoms with van der Waals surface area (Å²) in [6.07, 6.45) is 4.57. The summed E-state index contributed by atoms with van der Waals surface area (Å²) in [5.41, 5.74) is 1.34. The van der Waals surface area contributed by atoms with Gasteiger partial charge in [0.2, 0.25) is 0 Å². The molecule has 0 radical (unpaired) electrons. The van der Waals surface area contributed by atoms with Gasteiger partial charge in [-0.15, -0.1) is 11.3 Å². The number of aliphatic hydroxyl groups is 1. The third-order valence-corrected chi connectivity index (χ3v) is 4.19. The van der Waals surface area contributed by atoms with Crippen molar-refractivity contribution < 1.29 is 5.11 Å². The van der Waals surface area contributed by atoms with Crippen molar-refractivity contribution in [3.05, 3.63) is 15.6 Å². The maximum atomic E-state index is 8.79. The number of aliphatic hydroxyl groups excluding tert-OH is 1. The number of nitrogens with one attached hydrogen (secondary N) is 1. The summed E-state index contributed by atoms with van der Waals surface area (Å²) in [7, 11) is 0. The molecule has 0 fully saturated rings. The van der Waals surface area contributed by atoms with Crippen LogP contribution >= 0.6 is 11.3 Å². The van der Waals surface area contributed by atoms with Crippen molar-refractivity contribution in [1.82, 2.24) is 10.3 Å². The zero-order chi connectivity index (χ0) is 11.4. The van der Waals surface area contributed by atoms with Crippen LogP contribution in [0, 0.1) is 5.92 Å². The van der Waals surface area contributed by atoms with Gasteiger partial charge in [0.05, 0.1) is 5.69 Å². The van der Waals surface area contributed by atoms with E-state index in [-0.39, 0.29) is 6.61 Å². The predicted molar refractivity (Wildman–Crippen MR) is 66.7 cm³/mol. The number of aromatic nitrogens is 1. The minimum absolute atomic E-state index is 0.286. The van der Waals surface area contributed by atoms with Gasteiger partial charge in [-0.05, 0) is 38.1 Å². The molecule has 1 heterocycles. The van der Waals surface area contributed by atoms with E-state index in [9.17, 15) is 0 Å². The van der Waals surface area contributed by atoms with Crippen LogP contribution in [0.1, 0.15) is 35.3 Å². The van der Waals surface area contributed by atoms with E-state index >= 15 is 0 Å². The minimum Gasteiger partial charge on any atom is -0.396 e. The number of hydrogen-bond donors (Lipinski definition) is 2. The van der Waals surface area contributed by atoms with Crippen LogP contribution < -0.4 is 5.32 Å². The molecule has 0 saturated heterocycles. The van der Waals surface area contributed by atoms with Gasteiger partial charge >= 0.3 is 0 Å². The number of nitrogens with zero attached hydrogens (tertiary/aromatic N) is 1. The average molecular weight is 240 g/mol. The van der Waals surface area contributed by atoms with Crippen LogP contribution in [0.15, 0.2) is 0 Å². The molecule has 1 aromatic heterocycles. The monoisotopic (exact) mass is 240 g/mol. The largest absolute Gasteiger partial charge is 0.396 e. The molecule has 0 aromatic carbocycles. The van der Waals surface area contributed by atoms with Gasteiger partial charge in [0.1, 0.15) is 5.01 Å². The SMILES string of the molecule is CC(CCO)CNCc1nc2c(s1)CCC2. The van der Waals surface area contributed by atoms with Gasteiger partial charge in [-0.1, -0.05) is 6.92 Å². The lowest BCUT2D eigenvalue weighted by Gasteiger charge is -2.09. The first-order valence-electron chi connectivity index (χ1n) is 6.08. The summed E-state index contributed by atoms with van der Waals surface area (Å²) in [4.78, 5) is 6.14. The summed E-state index contributed by atoms with van der Waals surface area (Å²) in [6.45, 7) is 4.29. The molecule has 2 N–H and O–H groups in total. The Morgan fingerprint density at radius 3 is 3.12 bits per heavy atom. The molecule has 4 heteroatoms. The Bertz CT molecular complexity index is 316. The Hall–Kier alpha value is -0.450. The number of fused-ring (bicyclic) bond motifs is 1. The van der Waals surface area contributed by atoms with E-state index in [1.807, 2.05) is 11.3 Å². The Morgan fingerprint density at radius 1 is 1.50 bits per heavy atom. The lowest BCUT2D eigenvalue weighted by molar-refractivity contribution is 0.260. The molecule has 16 heavy (non-hydrogen) atoms. The van der Waals surface area contributed by atoms with Gasteiger partial charge in [0.15, 0.2) is 0 Å². The van der Waals surface area contributed by atoms with E-state index in [4.69, 9.17) is 5.11 Å². The maximum absolute atomic E-state index is 8.79. The zero-order valence-corrected chi connectivity index (χ0v) is 10.6. The zero-order valence-electron chi connectivity index (χ0n) is 9.83. The van der Waals surface area contributed by atoms with Gasteiger partial charge < -0.3 is 10.4 Å². The topological polar surface area (TPSA) is 45.1 Å². The fourth-order valence-corrected chi connectivity index (χ4v) is 3.19. The fourth-order valence-electron chi connectivity index (χ4n) is 2.07. The number of hydrogen-bond acceptors (Lipinski definition) is 4. The quantitative estimate of drug-likeness (QED) is 0.796. The standard InChI is InChI=1S/C12H20N2OS/c1-9(5-6-15)7-13-8-12-14-10-3-2-4-11(10)16-12/h9,13,15H,2-8H2,1H3. The molecule has 1 aliphatic carbocycles. The molecular formula is C12H20N2OS. The first-order valence-corrected chi connectivity index (χ1v) is 6.90. The van der Waals surface area contributed by atoms with Crippen molar-refractivity contribution in [2.45, 2.75) is 39.2 Å². The third kappa shape index (κ3) is 3.03. The lowest BCUT2D eigenvalue weighted by atomic mass is 10.1. The Labute approximate surface area is 101 Å². The van der Waals surface area contributed by atoms with Crippen LogP contribution in [-0.4, -0.2) is 23.2 Å². The van der Waals surface area contributed by atoms with E-state index < -0.39 is 0 Å². The second kappa shape index (κ2) is 5.75. The van der Waals surface area contributed by atoms with Crippen molar-refractivity contribution in [3.63, 3.8) is 0 Å². The van der Waals surface area contributed by atoms with Gasteiger partial charge in [0.25, 0.3) is 0 Å². The predicted octanol–water partition coefficient (Wildman–Crippen LogP) is 1.74. The minimum atomic E-state index is 0.286. The van der Waals surface area contributed by atoms with E-state index in [1.54, 1.807) is 0 Å². The molecule has 0 amide bonds. The second-order valence-electron chi connectivity index (χ2n) is 4.58. The van der Waals surface area contributed by atoms with Gasteiger partial charge in [0, 0.05) is 18.0 Å². The Balaban J connectivity index is 1.73. The highest BCUT2D eigenvalue weighted by Gasteiger charge is 2.16. The summed E-state index contributed by atoms with van der Waals surface area (Å²) in [5.74, 6) is 0.539. The normalized spacial score (nSPS) is 16.4. The van der Waals surface area contributed by atoms with Crippen LogP contribution in [0.4, 0.5) is 0 Å². The van der Waals surface area contributed by atoms with Crippen molar-refractivity contribution in [2.75, 3.05) is 13.2 Å². The lowest BCUT2D eigenvalue weighted by Crippen LogP contribution is -2.21. The van der Waals surface area contributed by atoms with Gasteiger partial charge in [-0.25, -0.2) is 4.98 Å². The first kappa shape index (κ1) is 12.0. The molecule has 3 nitrogen and oxygen atoms in total. The van der Waals surface area contributed by atoms with Gasteiger partial charge in [-0.2, -0.15) is 0 Å². The highest BCUT2D eigenvalue weighted by molar-refractivity contribution is 7.11. The van der Waals surface area contributed by atoms with Crippen LogP contribution in [0.25, 0.3) is 0 Å². The summed E-state index contributed by atoms with van der Waals surface area (Å²) in [5, 5.41) is 13.4. The Morgan fingerprint density at radius 2 is 2.38 bits per heavy atom.